The molecule has 0 aliphatic heterocycles. The molecule has 0 aliphatic carbocycles. The molecule has 0 spiro atoms. The van der Waals surface area contributed by atoms with Gasteiger partial charge in [-0.3, -0.25) is 0 Å². The molecule has 0 radical (unpaired) electrons. The quantitative estimate of drug-likeness (QED) is 0.725. The third kappa shape index (κ3) is 2.26. The van der Waals surface area contributed by atoms with Gasteiger partial charge in [-0.1, -0.05) is 34.8 Å². The van der Waals surface area contributed by atoms with Gasteiger partial charge in [0.05, 0.1) is 11.9 Å². The van der Waals surface area contributed by atoms with Crippen molar-refractivity contribution in [3.63, 3.8) is 0 Å². The van der Waals surface area contributed by atoms with Crippen LogP contribution >= 0.6 is 34.8 Å². The van der Waals surface area contributed by atoms with Crippen LogP contribution in [0.3, 0.4) is 0 Å². The Hall–Kier alpha value is 0.0400. The highest BCUT2D eigenvalue weighted by Crippen LogP contribution is 2.36. The Morgan fingerprint density at radius 2 is 2.17 bits per heavy atom. The van der Waals surface area contributed by atoms with E-state index in [4.69, 9.17) is 40.5 Å². The van der Waals surface area contributed by atoms with Crippen molar-refractivity contribution in [2.24, 2.45) is 5.73 Å². The fourth-order valence-electron chi connectivity index (χ4n) is 0.711. The van der Waals surface area contributed by atoms with Gasteiger partial charge >= 0.3 is 0 Å². The second-order valence-corrected chi connectivity index (χ2v) is 4.75. The molecular formula is C6H8Cl3N3. The smallest absolute Gasteiger partial charge is 0.248 e. The van der Waals surface area contributed by atoms with Crippen LogP contribution in [-0.4, -0.2) is 9.97 Å². The summed E-state index contributed by atoms with van der Waals surface area (Å²) in [5, 5.41) is 0. The number of imidazole rings is 1. The number of aromatic amines is 1. The van der Waals surface area contributed by atoms with Gasteiger partial charge in [-0.25, -0.2) is 4.98 Å². The summed E-state index contributed by atoms with van der Waals surface area (Å²) in [5.41, 5.74) is 6.32. The van der Waals surface area contributed by atoms with E-state index in [9.17, 15) is 0 Å². The SMILES string of the molecule is CC(N)c1cnc(C(Cl)(Cl)Cl)[nH]1. The average Bonchev–Trinajstić information content (AvgIpc) is 2.30. The van der Waals surface area contributed by atoms with E-state index in [2.05, 4.69) is 9.97 Å². The van der Waals surface area contributed by atoms with Crippen LogP contribution in [0.2, 0.25) is 0 Å². The van der Waals surface area contributed by atoms with Crippen molar-refractivity contribution in [1.29, 1.82) is 0 Å². The van der Waals surface area contributed by atoms with E-state index >= 15 is 0 Å². The Kier molecular flexibility index (Phi) is 2.88. The minimum absolute atomic E-state index is 0.140. The number of nitrogens with zero attached hydrogens (tertiary/aromatic N) is 1. The number of rotatable bonds is 1. The molecule has 1 atom stereocenters. The minimum Gasteiger partial charge on any atom is -0.341 e. The summed E-state index contributed by atoms with van der Waals surface area (Å²) in [5.74, 6) is 0.291. The summed E-state index contributed by atoms with van der Waals surface area (Å²) < 4.78 is -1.51. The predicted octanol–water partition coefficient (Wildman–Crippen LogP) is 2.26. The van der Waals surface area contributed by atoms with E-state index < -0.39 is 3.79 Å². The predicted molar refractivity (Wildman–Crippen MR) is 50.4 cm³/mol. The second-order valence-electron chi connectivity index (χ2n) is 2.47. The first-order valence-electron chi connectivity index (χ1n) is 3.29. The number of hydrogen-bond acceptors (Lipinski definition) is 2. The van der Waals surface area contributed by atoms with Crippen LogP contribution in [0, 0.1) is 0 Å². The minimum atomic E-state index is -1.51. The summed E-state index contributed by atoms with van der Waals surface area (Å²) in [4.78, 5) is 6.70. The maximum absolute atomic E-state index is 5.57. The zero-order valence-corrected chi connectivity index (χ0v) is 8.58. The molecule has 12 heavy (non-hydrogen) atoms. The van der Waals surface area contributed by atoms with Gasteiger partial charge in [0.15, 0.2) is 5.82 Å². The maximum atomic E-state index is 5.57. The van der Waals surface area contributed by atoms with Gasteiger partial charge in [-0.05, 0) is 6.92 Å². The van der Waals surface area contributed by atoms with Gasteiger partial charge in [0, 0.05) is 6.04 Å². The van der Waals surface area contributed by atoms with Crippen LogP contribution in [0.1, 0.15) is 24.5 Å². The van der Waals surface area contributed by atoms with Crippen molar-refractivity contribution in [3.05, 3.63) is 17.7 Å². The Bertz CT molecular complexity index is 263. The Balaban J connectivity index is 2.92. The molecule has 0 aliphatic rings. The van der Waals surface area contributed by atoms with Gasteiger partial charge in [0.25, 0.3) is 0 Å². The van der Waals surface area contributed by atoms with Crippen LogP contribution in [-0.2, 0) is 3.79 Å². The number of nitrogens with one attached hydrogen (secondary N) is 1. The molecule has 68 valence electrons. The summed E-state index contributed by atoms with van der Waals surface area (Å²) in [6.07, 6.45) is 1.56. The molecule has 6 heteroatoms. The average molecular weight is 229 g/mol. The molecule has 0 amide bonds. The Labute approximate surface area is 85.2 Å². The number of halogens is 3. The largest absolute Gasteiger partial charge is 0.341 e. The zero-order chi connectivity index (χ0) is 9.35. The number of H-pyrrole nitrogens is 1. The van der Waals surface area contributed by atoms with Crippen LogP contribution in [0.15, 0.2) is 6.20 Å². The maximum Gasteiger partial charge on any atom is 0.248 e. The van der Waals surface area contributed by atoms with Crippen molar-refractivity contribution in [1.82, 2.24) is 9.97 Å². The Morgan fingerprint density at radius 3 is 2.42 bits per heavy atom. The topological polar surface area (TPSA) is 54.7 Å². The fraction of sp³-hybridized carbons (Fsp3) is 0.500. The van der Waals surface area contributed by atoms with Gasteiger partial charge in [-0.15, -0.1) is 0 Å². The van der Waals surface area contributed by atoms with Gasteiger partial charge in [0.2, 0.25) is 3.79 Å². The number of nitrogens with two attached hydrogens (primary N) is 1. The number of aromatic nitrogens is 2. The molecular weight excluding hydrogens is 220 g/mol. The van der Waals surface area contributed by atoms with Crippen molar-refractivity contribution in [2.45, 2.75) is 16.8 Å². The summed E-state index contributed by atoms with van der Waals surface area (Å²) in [7, 11) is 0. The van der Waals surface area contributed by atoms with E-state index in [0.29, 0.717) is 5.82 Å². The Morgan fingerprint density at radius 1 is 1.58 bits per heavy atom. The van der Waals surface area contributed by atoms with Crippen LogP contribution < -0.4 is 5.73 Å². The van der Waals surface area contributed by atoms with E-state index in [0.717, 1.165) is 5.69 Å². The van der Waals surface area contributed by atoms with Gasteiger partial charge in [-0.2, -0.15) is 0 Å². The van der Waals surface area contributed by atoms with Gasteiger partial charge < -0.3 is 10.7 Å². The lowest BCUT2D eigenvalue weighted by Gasteiger charge is -2.06. The summed E-state index contributed by atoms with van der Waals surface area (Å²) in [6, 6.07) is -0.140. The standard InChI is InChI=1S/C6H8Cl3N3/c1-3(10)4-2-11-5(12-4)6(7,8)9/h2-3H,10H2,1H3,(H,11,12). The highest BCUT2D eigenvalue weighted by atomic mass is 35.6. The van der Waals surface area contributed by atoms with Crippen LogP contribution in [0.4, 0.5) is 0 Å². The number of hydrogen-bond donors (Lipinski definition) is 2. The number of alkyl halides is 3. The van der Waals surface area contributed by atoms with Crippen molar-refractivity contribution in [3.8, 4) is 0 Å². The highest BCUT2D eigenvalue weighted by molar-refractivity contribution is 6.66. The molecule has 3 N–H and O–H groups in total. The molecule has 1 aromatic rings. The lowest BCUT2D eigenvalue weighted by molar-refractivity contribution is 0.783. The molecule has 0 saturated heterocycles. The van der Waals surface area contributed by atoms with E-state index in [1.165, 1.54) is 0 Å². The zero-order valence-electron chi connectivity index (χ0n) is 6.31. The van der Waals surface area contributed by atoms with Crippen LogP contribution in [0.5, 0.6) is 0 Å². The molecule has 1 heterocycles. The lowest BCUT2D eigenvalue weighted by atomic mass is 10.3. The third-order valence-corrected chi connectivity index (χ3v) is 1.89. The molecule has 0 fully saturated rings. The lowest BCUT2D eigenvalue weighted by Crippen LogP contribution is -2.07. The fourth-order valence-corrected chi connectivity index (χ4v) is 0.999. The van der Waals surface area contributed by atoms with E-state index in [-0.39, 0.29) is 6.04 Å². The second kappa shape index (κ2) is 3.42. The normalized spacial score (nSPS) is 14.8. The highest BCUT2D eigenvalue weighted by Gasteiger charge is 2.26. The summed E-state index contributed by atoms with van der Waals surface area (Å²) in [6.45, 7) is 1.82. The summed E-state index contributed by atoms with van der Waals surface area (Å²) >= 11 is 16.7. The van der Waals surface area contributed by atoms with Crippen LogP contribution in [0.25, 0.3) is 0 Å². The molecule has 1 unspecified atom stereocenters. The first kappa shape index (κ1) is 10.1. The third-order valence-electron chi connectivity index (χ3n) is 1.35. The monoisotopic (exact) mass is 227 g/mol. The molecule has 0 saturated carbocycles. The van der Waals surface area contributed by atoms with Crippen molar-refractivity contribution in [2.75, 3.05) is 0 Å². The molecule has 0 aromatic carbocycles. The molecule has 3 nitrogen and oxygen atoms in total. The molecule has 0 bridgehead atoms. The van der Waals surface area contributed by atoms with Crippen molar-refractivity contribution >= 4 is 34.8 Å². The molecule has 1 aromatic heterocycles. The van der Waals surface area contributed by atoms with E-state index in [1.807, 2.05) is 6.92 Å². The first-order valence-corrected chi connectivity index (χ1v) is 4.42. The first-order chi connectivity index (χ1) is 5.41. The van der Waals surface area contributed by atoms with E-state index in [1.54, 1.807) is 6.20 Å². The van der Waals surface area contributed by atoms with Gasteiger partial charge in [0.1, 0.15) is 0 Å². The van der Waals surface area contributed by atoms with Crippen molar-refractivity contribution < 1.29 is 0 Å². The molecule has 1 rings (SSSR count).